The van der Waals surface area contributed by atoms with Gasteiger partial charge in [-0.3, -0.25) is 24.6 Å². The quantitative estimate of drug-likeness (QED) is 0.0820. The average Bonchev–Trinajstić information content (AvgIpc) is 3.52. The molecule has 4 amide bonds. The molecule has 0 bridgehead atoms. The monoisotopic (exact) mass is 659 g/mol. The minimum absolute atomic E-state index is 0.00382. The Balaban J connectivity index is 1.58. The number of rotatable bonds is 15. The Hall–Kier alpha value is -5.07. The predicted octanol–water partition coefficient (Wildman–Crippen LogP) is -1.06. The van der Waals surface area contributed by atoms with Crippen LogP contribution in [0.3, 0.4) is 0 Å². The minimum Gasteiger partial charge on any atom is -0.480 e. The van der Waals surface area contributed by atoms with Crippen LogP contribution in [0.15, 0.2) is 53.4 Å². The third-order valence-corrected chi connectivity index (χ3v) is 8.67. The summed E-state index contributed by atoms with van der Waals surface area (Å²) in [6.45, 7) is -0.732. The zero-order valence-corrected chi connectivity index (χ0v) is 25.6. The molecular formula is C28H37N9O8S. The fraction of sp³-hybridized carbons (Fsp3) is 0.357. The summed E-state index contributed by atoms with van der Waals surface area (Å²) in [5.74, 6) is -4.58. The van der Waals surface area contributed by atoms with Crippen molar-refractivity contribution in [1.82, 2.24) is 20.3 Å². The van der Waals surface area contributed by atoms with Crippen molar-refractivity contribution in [2.24, 2.45) is 11.5 Å². The van der Waals surface area contributed by atoms with Crippen LogP contribution in [-0.2, 0) is 29.2 Å². The molecule has 11 N–H and O–H groups in total. The minimum atomic E-state index is -4.01. The molecular weight excluding hydrogens is 622 g/mol. The number of amides is 4. The van der Waals surface area contributed by atoms with Gasteiger partial charge in [0, 0.05) is 36.4 Å². The van der Waals surface area contributed by atoms with Crippen LogP contribution in [0.1, 0.15) is 36.0 Å². The van der Waals surface area contributed by atoms with Crippen molar-refractivity contribution in [3.8, 4) is 0 Å². The van der Waals surface area contributed by atoms with Gasteiger partial charge in [-0.15, -0.1) is 0 Å². The topological polar surface area (TPSA) is 279 Å². The lowest BCUT2D eigenvalue weighted by atomic mass is 10.1. The molecule has 1 aliphatic heterocycles. The number of guanidine groups is 1. The van der Waals surface area contributed by atoms with Gasteiger partial charge in [-0.25, -0.2) is 13.2 Å². The number of carboxylic acid groups (broad SMARTS) is 1. The number of benzene rings is 2. The summed E-state index contributed by atoms with van der Waals surface area (Å²) >= 11 is 0. The fourth-order valence-corrected chi connectivity index (χ4v) is 6.25. The van der Waals surface area contributed by atoms with Crippen LogP contribution in [0.4, 0.5) is 11.4 Å². The summed E-state index contributed by atoms with van der Waals surface area (Å²) in [4.78, 5) is 62.3. The van der Waals surface area contributed by atoms with Crippen molar-refractivity contribution in [3.05, 3.63) is 54.1 Å². The standard InChI is InChI=1S/C28H37N9O8S/c29-10-4-9-23(38)34-18-12-17(13-19(14-18)35-28(30)31)25(40)33-16-24(39)32-15-21(27(42)43)36-26(41)22-8-5-11-37(22)46(44,45)20-6-2-1-3-7-20/h1-3,6-7,12-14,21-22H,4-5,8-11,15-16,29H2,(H,32,39)(H,33,40)(H,34,38)(H,36,41)(H,42,43)(H4,30,31,35)/t21?,22-/m0/s1. The van der Waals surface area contributed by atoms with Crippen LogP contribution in [-0.4, -0.2) is 91.6 Å². The number of sulfonamides is 1. The van der Waals surface area contributed by atoms with Crippen LogP contribution in [0.5, 0.6) is 0 Å². The van der Waals surface area contributed by atoms with Crippen molar-refractivity contribution in [1.29, 1.82) is 5.41 Å². The Labute approximate surface area is 265 Å². The largest absolute Gasteiger partial charge is 0.480 e. The van der Waals surface area contributed by atoms with Crippen molar-refractivity contribution >= 4 is 57.0 Å². The van der Waals surface area contributed by atoms with Gasteiger partial charge in [0.1, 0.15) is 12.1 Å². The van der Waals surface area contributed by atoms with E-state index >= 15 is 0 Å². The molecule has 46 heavy (non-hydrogen) atoms. The molecule has 0 aromatic heterocycles. The summed E-state index contributed by atoms with van der Waals surface area (Å²) in [7, 11) is -4.01. The van der Waals surface area contributed by atoms with Gasteiger partial charge < -0.3 is 43.2 Å². The fourth-order valence-electron chi connectivity index (χ4n) is 4.57. The lowest BCUT2D eigenvalue weighted by Gasteiger charge is -2.25. The molecule has 1 aliphatic rings. The van der Waals surface area contributed by atoms with Crippen molar-refractivity contribution in [2.75, 3.05) is 36.8 Å². The molecule has 18 heteroatoms. The second kappa shape index (κ2) is 16.3. The average molecular weight is 660 g/mol. The van der Waals surface area contributed by atoms with Crippen molar-refractivity contribution in [3.63, 3.8) is 0 Å². The molecule has 0 radical (unpaired) electrons. The molecule has 248 valence electrons. The van der Waals surface area contributed by atoms with E-state index < -0.39 is 64.8 Å². The lowest BCUT2D eigenvalue weighted by Crippen LogP contribution is -2.54. The summed E-state index contributed by atoms with van der Waals surface area (Å²) < 4.78 is 27.2. The van der Waals surface area contributed by atoms with E-state index in [1.807, 2.05) is 0 Å². The highest BCUT2D eigenvalue weighted by Crippen LogP contribution is 2.26. The van der Waals surface area contributed by atoms with Gasteiger partial charge in [-0.1, -0.05) is 18.2 Å². The van der Waals surface area contributed by atoms with E-state index in [0.29, 0.717) is 19.4 Å². The number of hydrogen-bond acceptors (Lipinski definition) is 9. The first-order chi connectivity index (χ1) is 21.8. The van der Waals surface area contributed by atoms with E-state index in [2.05, 4.69) is 26.6 Å². The van der Waals surface area contributed by atoms with Gasteiger partial charge in [0.2, 0.25) is 27.7 Å². The third kappa shape index (κ3) is 9.98. The Kier molecular flexibility index (Phi) is 12.5. The van der Waals surface area contributed by atoms with E-state index in [-0.39, 0.29) is 47.1 Å². The first-order valence-corrected chi connectivity index (χ1v) is 15.7. The summed E-state index contributed by atoms with van der Waals surface area (Å²) in [6, 6.07) is 8.97. The SMILES string of the molecule is N=C(N)Nc1cc(NC(=O)CCCN)cc(C(=O)NCC(=O)NCC(NC(=O)[C@@H]2CCCN2S(=O)(=O)c2ccccc2)C(=O)O)c1. The molecule has 2 aromatic rings. The number of anilines is 2. The molecule has 1 heterocycles. The van der Waals surface area contributed by atoms with Gasteiger partial charge >= 0.3 is 5.97 Å². The molecule has 1 unspecified atom stereocenters. The zero-order valence-electron chi connectivity index (χ0n) is 24.7. The van der Waals surface area contributed by atoms with Gasteiger partial charge in [-0.05, 0) is 56.1 Å². The number of nitrogens with zero attached hydrogens (tertiary/aromatic N) is 1. The first kappa shape index (κ1) is 35.4. The van der Waals surface area contributed by atoms with Crippen LogP contribution in [0.2, 0.25) is 0 Å². The summed E-state index contributed by atoms with van der Waals surface area (Å²) in [5, 5.41) is 29.2. The van der Waals surface area contributed by atoms with Crippen LogP contribution >= 0.6 is 0 Å². The molecule has 17 nitrogen and oxygen atoms in total. The number of nitrogens with one attached hydrogen (secondary N) is 6. The normalized spacial score (nSPS) is 15.3. The second-order valence-electron chi connectivity index (χ2n) is 10.3. The number of aliphatic carboxylic acids is 1. The zero-order chi connectivity index (χ0) is 33.9. The lowest BCUT2D eigenvalue weighted by molar-refractivity contribution is -0.142. The van der Waals surface area contributed by atoms with E-state index in [4.69, 9.17) is 16.9 Å². The summed E-state index contributed by atoms with van der Waals surface area (Å²) in [6.07, 6.45) is 1.17. The van der Waals surface area contributed by atoms with Crippen LogP contribution in [0.25, 0.3) is 0 Å². The molecule has 0 aliphatic carbocycles. The Morgan fingerprint density at radius 3 is 2.30 bits per heavy atom. The molecule has 0 spiro atoms. The second-order valence-corrected chi connectivity index (χ2v) is 12.1. The predicted molar refractivity (Wildman–Crippen MR) is 167 cm³/mol. The maximum atomic E-state index is 13.1. The van der Waals surface area contributed by atoms with E-state index in [0.717, 1.165) is 4.31 Å². The highest BCUT2D eigenvalue weighted by molar-refractivity contribution is 7.89. The van der Waals surface area contributed by atoms with Gasteiger partial charge in [0.25, 0.3) is 5.91 Å². The van der Waals surface area contributed by atoms with Crippen molar-refractivity contribution in [2.45, 2.75) is 42.7 Å². The number of carbonyl (C=O) groups is 5. The van der Waals surface area contributed by atoms with Crippen molar-refractivity contribution < 1.29 is 37.5 Å². The molecule has 3 rings (SSSR count). The maximum absolute atomic E-state index is 13.1. The Bertz CT molecular complexity index is 1570. The maximum Gasteiger partial charge on any atom is 0.328 e. The molecule has 1 saturated heterocycles. The Morgan fingerprint density at radius 2 is 1.67 bits per heavy atom. The van der Waals surface area contributed by atoms with Crippen LogP contribution in [0, 0.1) is 5.41 Å². The number of hydrogen-bond donors (Lipinski definition) is 9. The number of carbonyl (C=O) groups excluding carboxylic acids is 4. The number of carboxylic acids is 1. The number of nitrogens with two attached hydrogens (primary N) is 2. The van der Waals surface area contributed by atoms with E-state index in [9.17, 15) is 37.5 Å². The molecule has 1 fully saturated rings. The Morgan fingerprint density at radius 1 is 1.00 bits per heavy atom. The first-order valence-electron chi connectivity index (χ1n) is 14.2. The molecule has 0 saturated carbocycles. The van der Waals surface area contributed by atoms with E-state index in [1.54, 1.807) is 18.2 Å². The molecule has 2 atom stereocenters. The highest BCUT2D eigenvalue weighted by atomic mass is 32.2. The van der Waals surface area contributed by atoms with Crippen LogP contribution < -0.4 is 38.1 Å². The van der Waals surface area contributed by atoms with E-state index in [1.165, 1.54) is 30.3 Å². The van der Waals surface area contributed by atoms with Gasteiger partial charge in [0.15, 0.2) is 5.96 Å². The van der Waals surface area contributed by atoms with Gasteiger partial charge in [0.05, 0.1) is 11.4 Å². The molecule has 2 aromatic carbocycles. The highest BCUT2D eigenvalue weighted by Gasteiger charge is 2.40. The van der Waals surface area contributed by atoms with Gasteiger partial charge in [-0.2, -0.15) is 4.31 Å². The smallest absolute Gasteiger partial charge is 0.328 e. The summed E-state index contributed by atoms with van der Waals surface area (Å²) in [5.41, 5.74) is 11.3. The third-order valence-electron chi connectivity index (χ3n) is 6.75.